The molecule has 0 aromatic carbocycles. The van der Waals surface area contributed by atoms with Crippen LogP contribution in [0.5, 0.6) is 0 Å². The van der Waals surface area contributed by atoms with Crippen molar-refractivity contribution >= 4 is 6.08 Å². The van der Waals surface area contributed by atoms with Gasteiger partial charge in [0.05, 0.1) is 6.20 Å². The highest BCUT2D eigenvalue weighted by Gasteiger charge is 1.84. The molecule has 0 radical (unpaired) electrons. The van der Waals surface area contributed by atoms with Gasteiger partial charge in [0.2, 0.25) is 0 Å². The maximum atomic E-state index is 3.93. The molecule has 0 aliphatic rings. The van der Waals surface area contributed by atoms with Crippen LogP contribution in [0.3, 0.4) is 0 Å². The van der Waals surface area contributed by atoms with E-state index in [1.54, 1.807) is 17.0 Å². The van der Waals surface area contributed by atoms with E-state index >= 15 is 0 Å². The summed E-state index contributed by atoms with van der Waals surface area (Å²) < 4.78 is 1.75. The maximum absolute atomic E-state index is 3.93. The molecule has 0 N–H and O–H groups in total. The summed E-state index contributed by atoms with van der Waals surface area (Å²) in [7, 11) is 1.88. The Morgan fingerprint density at radius 1 is 1.60 bits per heavy atom. The van der Waals surface area contributed by atoms with Crippen LogP contribution in [0.1, 0.15) is 19.4 Å². The zero-order valence-electron chi connectivity index (χ0n) is 6.83. The van der Waals surface area contributed by atoms with Crippen LogP contribution < -0.4 is 0 Å². The van der Waals surface area contributed by atoms with Gasteiger partial charge < -0.3 is 0 Å². The van der Waals surface area contributed by atoms with Gasteiger partial charge in [-0.2, -0.15) is 5.10 Å². The van der Waals surface area contributed by atoms with Gasteiger partial charge in [0, 0.05) is 18.8 Å². The normalized spacial score (nSPS) is 7.90. The molecule has 1 aromatic heterocycles. The first kappa shape index (κ1) is 8.95. The Balaban J connectivity index is 0.000000371. The van der Waals surface area contributed by atoms with Crippen LogP contribution in [0.4, 0.5) is 0 Å². The Hall–Kier alpha value is -1.05. The third-order valence-electron chi connectivity index (χ3n) is 0.961. The lowest BCUT2D eigenvalue weighted by atomic mass is 10.4. The van der Waals surface area contributed by atoms with E-state index in [4.69, 9.17) is 0 Å². The van der Waals surface area contributed by atoms with Gasteiger partial charge in [0.1, 0.15) is 0 Å². The smallest absolute Gasteiger partial charge is 0.0561 e. The fourth-order valence-corrected chi connectivity index (χ4v) is 0.546. The van der Waals surface area contributed by atoms with Crippen molar-refractivity contribution in [3.63, 3.8) is 0 Å². The highest BCUT2D eigenvalue weighted by molar-refractivity contribution is 5.43. The average Bonchev–Trinajstić information content (AvgIpc) is 2.40. The lowest BCUT2D eigenvalue weighted by Crippen LogP contribution is -1.83. The molecule has 56 valence electrons. The summed E-state index contributed by atoms with van der Waals surface area (Å²) in [5.41, 5.74) is 1.06. The Morgan fingerprint density at radius 3 is 2.40 bits per heavy atom. The highest BCUT2D eigenvalue weighted by Crippen LogP contribution is 1.95. The van der Waals surface area contributed by atoms with Crippen LogP contribution in [0.2, 0.25) is 0 Å². The molecule has 2 nitrogen and oxygen atoms in total. The molecular formula is C8H14N2. The summed E-state index contributed by atoms with van der Waals surface area (Å²) in [4.78, 5) is 0. The molecular weight excluding hydrogens is 124 g/mol. The number of aryl methyl sites for hydroxylation is 1. The molecule has 0 fully saturated rings. The van der Waals surface area contributed by atoms with E-state index < -0.39 is 0 Å². The number of aromatic nitrogens is 2. The van der Waals surface area contributed by atoms with Crippen molar-refractivity contribution in [1.82, 2.24) is 9.78 Å². The molecule has 0 amide bonds. The second-order valence-corrected chi connectivity index (χ2v) is 1.65. The molecule has 0 atom stereocenters. The van der Waals surface area contributed by atoms with Gasteiger partial charge in [0.25, 0.3) is 0 Å². The molecule has 1 aromatic rings. The molecule has 0 aliphatic carbocycles. The summed E-state index contributed by atoms with van der Waals surface area (Å²) in [6.07, 6.45) is 5.45. The van der Waals surface area contributed by atoms with Gasteiger partial charge in [-0.15, -0.1) is 0 Å². The van der Waals surface area contributed by atoms with Gasteiger partial charge in [-0.25, -0.2) is 0 Å². The molecule has 2 heteroatoms. The minimum absolute atomic E-state index is 1.06. The van der Waals surface area contributed by atoms with Crippen LogP contribution in [-0.4, -0.2) is 9.78 Å². The largest absolute Gasteiger partial charge is 0.275 e. The van der Waals surface area contributed by atoms with Crippen molar-refractivity contribution in [2.45, 2.75) is 13.8 Å². The standard InChI is InChI=1S/C6H8N2.C2H6/c1-3-6-4-7-8(2)5-6;1-2/h3-5H,1H2,2H3;1-2H3. The summed E-state index contributed by atoms with van der Waals surface area (Å²) >= 11 is 0. The van der Waals surface area contributed by atoms with Gasteiger partial charge in [-0.05, 0) is 0 Å². The zero-order valence-corrected chi connectivity index (χ0v) is 6.83. The van der Waals surface area contributed by atoms with E-state index in [0.717, 1.165) is 5.56 Å². The van der Waals surface area contributed by atoms with Crippen molar-refractivity contribution in [3.8, 4) is 0 Å². The van der Waals surface area contributed by atoms with Crippen molar-refractivity contribution in [1.29, 1.82) is 0 Å². The first-order chi connectivity index (χ1) is 4.83. The van der Waals surface area contributed by atoms with Crippen molar-refractivity contribution in [2.75, 3.05) is 0 Å². The van der Waals surface area contributed by atoms with Crippen molar-refractivity contribution in [2.24, 2.45) is 7.05 Å². The van der Waals surface area contributed by atoms with Crippen LogP contribution in [0, 0.1) is 0 Å². The van der Waals surface area contributed by atoms with E-state index in [0.29, 0.717) is 0 Å². The number of hydrogen-bond donors (Lipinski definition) is 0. The lowest BCUT2D eigenvalue weighted by molar-refractivity contribution is 0.767. The molecule has 0 saturated heterocycles. The van der Waals surface area contributed by atoms with Gasteiger partial charge in [0.15, 0.2) is 0 Å². The summed E-state index contributed by atoms with van der Waals surface area (Å²) in [6.45, 7) is 7.59. The van der Waals surface area contributed by atoms with Crippen LogP contribution in [0.15, 0.2) is 19.0 Å². The van der Waals surface area contributed by atoms with E-state index in [1.165, 1.54) is 0 Å². The number of nitrogens with zero attached hydrogens (tertiary/aromatic N) is 2. The third-order valence-corrected chi connectivity index (χ3v) is 0.961. The molecule has 1 rings (SSSR count). The second-order valence-electron chi connectivity index (χ2n) is 1.65. The van der Waals surface area contributed by atoms with Crippen LogP contribution in [-0.2, 0) is 7.05 Å². The second kappa shape index (κ2) is 4.79. The number of rotatable bonds is 1. The Morgan fingerprint density at radius 2 is 2.20 bits per heavy atom. The van der Waals surface area contributed by atoms with E-state index in [1.807, 2.05) is 27.1 Å². The Bertz CT molecular complexity index is 189. The Labute approximate surface area is 62.2 Å². The fraction of sp³-hybridized carbons (Fsp3) is 0.375. The average molecular weight is 138 g/mol. The lowest BCUT2D eigenvalue weighted by Gasteiger charge is -1.79. The molecule has 0 spiro atoms. The minimum atomic E-state index is 1.06. The molecule has 0 bridgehead atoms. The third kappa shape index (κ3) is 2.49. The van der Waals surface area contributed by atoms with Gasteiger partial charge in [-0.3, -0.25) is 4.68 Å². The Kier molecular flexibility index (Phi) is 4.29. The predicted molar refractivity (Wildman–Crippen MR) is 44.6 cm³/mol. The minimum Gasteiger partial charge on any atom is -0.275 e. The van der Waals surface area contributed by atoms with E-state index in [2.05, 4.69) is 11.7 Å². The molecule has 10 heavy (non-hydrogen) atoms. The quantitative estimate of drug-likeness (QED) is 0.581. The monoisotopic (exact) mass is 138 g/mol. The molecule has 1 heterocycles. The fourth-order valence-electron chi connectivity index (χ4n) is 0.546. The van der Waals surface area contributed by atoms with Crippen molar-refractivity contribution in [3.05, 3.63) is 24.5 Å². The maximum Gasteiger partial charge on any atom is 0.0561 e. The summed E-state index contributed by atoms with van der Waals surface area (Å²) in [5, 5.41) is 3.93. The predicted octanol–water partition coefficient (Wildman–Crippen LogP) is 2.09. The van der Waals surface area contributed by atoms with Crippen LogP contribution in [0.25, 0.3) is 6.08 Å². The van der Waals surface area contributed by atoms with Gasteiger partial charge in [-0.1, -0.05) is 26.5 Å². The molecule has 0 unspecified atom stereocenters. The van der Waals surface area contributed by atoms with Crippen LogP contribution >= 0.6 is 0 Å². The van der Waals surface area contributed by atoms with Gasteiger partial charge >= 0.3 is 0 Å². The summed E-state index contributed by atoms with van der Waals surface area (Å²) in [6, 6.07) is 0. The first-order valence-electron chi connectivity index (χ1n) is 3.44. The topological polar surface area (TPSA) is 17.8 Å². The zero-order chi connectivity index (χ0) is 7.98. The SMILES string of the molecule is C=Cc1cnn(C)c1.CC. The first-order valence-corrected chi connectivity index (χ1v) is 3.44. The molecule has 0 aliphatic heterocycles. The van der Waals surface area contributed by atoms with E-state index in [9.17, 15) is 0 Å². The summed E-state index contributed by atoms with van der Waals surface area (Å²) in [5.74, 6) is 0. The highest BCUT2D eigenvalue weighted by atomic mass is 15.2. The number of hydrogen-bond acceptors (Lipinski definition) is 1. The molecule has 0 saturated carbocycles. The van der Waals surface area contributed by atoms with Crippen molar-refractivity contribution < 1.29 is 0 Å². The van der Waals surface area contributed by atoms with E-state index in [-0.39, 0.29) is 0 Å².